The molecule has 2 atom stereocenters. The Balaban J connectivity index is 2.35. The number of Topliss-reactive ketones (excluding diaryl/α,β-unsaturated/α-hetero) is 1. The summed E-state index contributed by atoms with van der Waals surface area (Å²) in [6, 6.07) is 0. The van der Waals surface area contributed by atoms with Crippen LogP contribution in [0, 0.1) is 5.92 Å². The number of carbonyl (C=O) groups is 1. The zero-order valence-electron chi connectivity index (χ0n) is 8.58. The molecule has 78 valence electrons. The van der Waals surface area contributed by atoms with Gasteiger partial charge in [0.25, 0.3) is 0 Å². The monoisotopic (exact) mass is 197 g/mol. The van der Waals surface area contributed by atoms with Crippen LogP contribution < -0.4 is 0 Å². The topological polar surface area (TPSA) is 47.9 Å². The van der Waals surface area contributed by atoms with E-state index in [0.29, 0.717) is 19.6 Å². The van der Waals surface area contributed by atoms with E-state index in [-0.39, 0.29) is 11.7 Å². The van der Waals surface area contributed by atoms with Crippen LogP contribution in [0.25, 0.3) is 0 Å². The van der Waals surface area contributed by atoms with E-state index in [0.717, 1.165) is 12.1 Å². The summed E-state index contributed by atoms with van der Waals surface area (Å²) in [6.07, 6.45) is 1.55. The average molecular weight is 197 g/mol. The number of nitrogens with zero attached hydrogens (tertiary/aromatic N) is 1. The molecule has 4 heteroatoms. The Bertz CT molecular complexity index is 287. The lowest BCUT2D eigenvalue weighted by Gasteiger charge is -2.36. The van der Waals surface area contributed by atoms with Crippen molar-refractivity contribution in [2.75, 3.05) is 13.2 Å². The van der Waals surface area contributed by atoms with Crippen molar-refractivity contribution in [1.29, 1.82) is 0 Å². The number of ether oxygens (including phenoxy) is 1. The zero-order valence-corrected chi connectivity index (χ0v) is 8.58. The van der Waals surface area contributed by atoms with Gasteiger partial charge in [-0.05, 0) is 19.8 Å². The third-order valence-corrected chi connectivity index (χ3v) is 3.12. The molecule has 14 heavy (non-hydrogen) atoms. The Kier molecular flexibility index (Phi) is 2.31. The first kappa shape index (κ1) is 9.65. The standard InChI is InChI=1S/C10H15NO3/c1-3-10(7(2)12)9-8(4-5-13-10)6-14-11-9/h8H,3-6H2,1-2H3/t8-,10+/m0/s1. The van der Waals surface area contributed by atoms with E-state index in [1.165, 1.54) is 0 Å². The first-order valence-electron chi connectivity index (χ1n) is 5.06. The summed E-state index contributed by atoms with van der Waals surface area (Å²) in [7, 11) is 0. The van der Waals surface area contributed by atoms with Crippen LogP contribution in [-0.2, 0) is 14.4 Å². The van der Waals surface area contributed by atoms with Crippen molar-refractivity contribution in [3.63, 3.8) is 0 Å². The van der Waals surface area contributed by atoms with Crippen LogP contribution in [0.1, 0.15) is 26.7 Å². The molecule has 0 bridgehead atoms. The van der Waals surface area contributed by atoms with Gasteiger partial charge in [0.1, 0.15) is 12.3 Å². The highest BCUT2D eigenvalue weighted by molar-refractivity contribution is 6.13. The summed E-state index contributed by atoms with van der Waals surface area (Å²) >= 11 is 0. The summed E-state index contributed by atoms with van der Waals surface area (Å²) in [5.74, 6) is 0.321. The molecule has 2 aliphatic rings. The maximum atomic E-state index is 11.6. The Labute approximate surface area is 83.3 Å². The maximum absolute atomic E-state index is 11.6. The number of carbonyl (C=O) groups excluding carboxylic acids is 1. The van der Waals surface area contributed by atoms with Gasteiger partial charge >= 0.3 is 0 Å². The molecule has 0 amide bonds. The molecule has 1 fully saturated rings. The third-order valence-electron chi connectivity index (χ3n) is 3.12. The highest BCUT2D eigenvalue weighted by Crippen LogP contribution is 2.33. The molecule has 0 aromatic rings. The van der Waals surface area contributed by atoms with Gasteiger partial charge in [-0.2, -0.15) is 0 Å². The number of fused-ring (bicyclic) bond motifs is 1. The second-order valence-corrected chi connectivity index (χ2v) is 3.84. The van der Waals surface area contributed by atoms with Gasteiger partial charge in [-0.1, -0.05) is 12.1 Å². The molecule has 0 saturated carbocycles. The summed E-state index contributed by atoms with van der Waals surface area (Å²) in [5.41, 5.74) is 0.0122. The minimum absolute atomic E-state index is 0.0361. The smallest absolute Gasteiger partial charge is 0.167 e. The van der Waals surface area contributed by atoms with Gasteiger partial charge in [0.2, 0.25) is 0 Å². The van der Waals surface area contributed by atoms with Gasteiger partial charge in [0, 0.05) is 12.5 Å². The van der Waals surface area contributed by atoms with E-state index in [4.69, 9.17) is 9.57 Å². The van der Waals surface area contributed by atoms with E-state index in [9.17, 15) is 4.79 Å². The number of hydrogen-bond acceptors (Lipinski definition) is 4. The molecule has 0 spiro atoms. The van der Waals surface area contributed by atoms with Crippen molar-refractivity contribution in [2.24, 2.45) is 11.1 Å². The average Bonchev–Trinajstić information content (AvgIpc) is 2.64. The first-order chi connectivity index (χ1) is 6.70. The highest BCUT2D eigenvalue weighted by Gasteiger charge is 2.49. The molecule has 0 N–H and O–H groups in total. The minimum Gasteiger partial charge on any atom is -0.395 e. The van der Waals surface area contributed by atoms with Crippen LogP contribution in [0.2, 0.25) is 0 Å². The van der Waals surface area contributed by atoms with E-state index in [1.807, 2.05) is 6.92 Å². The van der Waals surface area contributed by atoms with E-state index >= 15 is 0 Å². The number of oxime groups is 1. The predicted octanol–water partition coefficient (Wildman–Crippen LogP) is 1.15. The predicted molar refractivity (Wildman–Crippen MR) is 51.1 cm³/mol. The summed E-state index contributed by atoms with van der Waals surface area (Å²) < 4.78 is 5.63. The SMILES string of the molecule is CC[C@]1(C(C)=O)OCC[C@H]2CON=C21. The van der Waals surface area contributed by atoms with Crippen LogP contribution in [0.3, 0.4) is 0 Å². The fraction of sp³-hybridized carbons (Fsp3) is 0.800. The van der Waals surface area contributed by atoms with Crippen LogP contribution >= 0.6 is 0 Å². The van der Waals surface area contributed by atoms with Crippen molar-refractivity contribution >= 4 is 11.5 Å². The Morgan fingerprint density at radius 3 is 3.14 bits per heavy atom. The fourth-order valence-electron chi connectivity index (χ4n) is 2.24. The lowest BCUT2D eigenvalue weighted by atomic mass is 9.80. The van der Waals surface area contributed by atoms with E-state index < -0.39 is 5.60 Å². The van der Waals surface area contributed by atoms with Gasteiger partial charge in [-0.15, -0.1) is 0 Å². The van der Waals surface area contributed by atoms with Crippen LogP contribution in [-0.4, -0.2) is 30.3 Å². The molecular formula is C10H15NO3. The molecule has 2 aliphatic heterocycles. The van der Waals surface area contributed by atoms with Gasteiger partial charge in [-0.3, -0.25) is 4.79 Å². The summed E-state index contributed by atoms with van der Waals surface area (Å²) in [5, 5.41) is 3.97. The highest BCUT2D eigenvalue weighted by atomic mass is 16.6. The van der Waals surface area contributed by atoms with Crippen molar-refractivity contribution in [3.8, 4) is 0 Å². The lowest BCUT2D eigenvalue weighted by Crippen LogP contribution is -2.53. The van der Waals surface area contributed by atoms with Crippen LogP contribution in [0.4, 0.5) is 0 Å². The van der Waals surface area contributed by atoms with Gasteiger partial charge in [-0.25, -0.2) is 0 Å². The molecule has 0 unspecified atom stereocenters. The van der Waals surface area contributed by atoms with E-state index in [2.05, 4.69) is 5.16 Å². The zero-order chi connectivity index (χ0) is 10.2. The summed E-state index contributed by atoms with van der Waals surface area (Å²) in [4.78, 5) is 16.7. The molecule has 0 radical (unpaired) electrons. The molecule has 2 heterocycles. The molecule has 0 aromatic carbocycles. The first-order valence-corrected chi connectivity index (χ1v) is 5.06. The van der Waals surface area contributed by atoms with Crippen molar-refractivity contribution in [3.05, 3.63) is 0 Å². The molecule has 0 aliphatic carbocycles. The second-order valence-electron chi connectivity index (χ2n) is 3.84. The Hall–Kier alpha value is -0.900. The molecule has 1 saturated heterocycles. The van der Waals surface area contributed by atoms with Crippen LogP contribution in [0.5, 0.6) is 0 Å². The fourth-order valence-corrected chi connectivity index (χ4v) is 2.24. The summed E-state index contributed by atoms with van der Waals surface area (Å²) in [6.45, 7) is 4.74. The van der Waals surface area contributed by atoms with E-state index in [1.54, 1.807) is 6.92 Å². The Morgan fingerprint density at radius 1 is 1.71 bits per heavy atom. The number of ketones is 1. The maximum Gasteiger partial charge on any atom is 0.167 e. The quantitative estimate of drug-likeness (QED) is 0.667. The lowest BCUT2D eigenvalue weighted by molar-refractivity contribution is -0.136. The Morgan fingerprint density at radius 2 is 2.50 bits per heavy atom. The molecule has 2 rings (SSSR count). The molecule has 0 aromatic heterocycles. The largest absolute Gasteiger partial charge is 0.395 e. The number of hydrogen-bond donors (Lipinski definition) is 0. The van der Waals surface area contributed by atoms with Crippen LogP contribution in [0.15, 0.2) is 5.16 Å². The van der Waals surface area contributed by atoms with Crippen molar-refractivity contribution in [2.45, 2.75) is 32.3 Å². The van der Waals surface area contributed by atoms with Crippen molar-refractivity contribution in [1.82, 2.24) is 0 Å². The third kappa shape index (κ3) is 1.17. The number of rotatable bonds is 2. The molecule has 4 nitrogen and oxygen atoms in total. The normalized spacial score (nSPS) is 35.9. The second kappa shape index (κ2) is 3.35. The van der Waals surface area contributed by atoms with Gasteiger partial charge in [0.05, 0.1) is 0 Å². The van der Waals surface area contributed by atoms with Gasteiger partial charge < -0.3 is 9.57 Å². The molecular weight excluding hydrogens is 182 g/mol. The van der Waals surface area contributed by atoms with Crippen molar-refractivity contribution < 1.29 is 14.4 Å². The minimum atomic E-state index is -0.792. The van der Waals surface area contributed by atoms with Gasteiger partial charge in [0.15, 0.2) is 11.4 Å².